The van der Waals surface area contributed by atoms with Crippen LogP contribution in [-0.2, 0) is 15.3 Å². The summed E-state index contributed by atoms with van der Waals surface area (Å²) in [4.78, 5) is 26.1. The number of rotatable bonds is 10. The van der Waals surface area contributed by atoms with Crippen molar-refractivity contribution < 1.29 is 14.7 Å². The molecule has 1 fully saturated rings. The first kappa shape index (κ1) is 21.4. The second-order valence-electron chi connectivity index (χ2n) is 7.26. The highest BCUT2D eigenvalue weighted by Crippen LogP contribution is 2.30. The molecule has 29 heavy (non-hydrogen) atoms. The quantitative estimate of drug-likeness (QED) is 0.578. The number of carbonyl (C=O) groups excluding carboxylic acids is 2. The van der Waals surface area contributed by atoms with E-state index in [1.165, 1.54) is 5.56 Å². The SMILES string of the molecule is O=C(CCCCCN1C(=O)C(SCc2ccccc2)CC1O)Nc1ccccc1. The lowest BCUT2D eigenvalue weighted by atomic mass is 10.1. The van der Waals surface area contributed by atoms with Crippen LogP contribution in [-0.4, -0.2) is 39.8 Å². The summed E-state index contributed by atoms with van der Waals surface area (Å²) in [5.41, 5.74) is 1.99. The van der Waals surface area contributed by atoms with Crippen LogP contribution in [0.15, 0.2) is 60.7 Å². The zero-order valence-corrected chi connectivity index (χ0v) is 17.3. The summed E-state index contributed by atoms with van der Waals surface area (Å²) >= 11 is 1.60. The van der Waals surface area contributed by atoms with E-state index >= 15 is 0 Å². The van der Waals surface area contributed by atoms with Crippen LogP contribution in [0.25, 0.3) is 0 Å². The second kappa shape index (κ2) is 11.0. The largest absolute Gasteiger partial charge is 0.373 e. The molecule has 0 aromatic heterocycles. The summed E-state index contributed by atoms with van der Waals surface area (Å²) in [6.07, 6.45) is 2.65. The van der Waals surface area contributed by atoms with Crippen LogP contribution in [0.4, 0.5) is 5.69 Å². The molecule has 2 amide bonds. The minimum absolute atomic E-state index is 0.00543. The second-order valence-corrected chi connectivity index (χ2v) is 8.45. The Balaban J connectivity index is 1.33. The minimum atomic E-state index is -0.697. The van der Waals surface area contributed by atoms with Crippen LogP contribution in [0.2, 0.25) is 0 Å². The van der Waals surface area contributed by atoms with Crippen molar-refractivity contribution in [3.63, 3.8) is 0 Å². The Bertz CT molecular complexity index is 785. The van der Waals surface area contributed by atoms with Gasteiger partial charge in [-0.3, -0.25) is 9.59 Å². The van der Waals surface area contributed by atoms with Gasteiger partial charge in [0.1, 0.15) is 6.23 Å². The molecule has 0 aliphatic carbocycles. The molecule has 0 radical (unpaired) electrons. The van der Waals surface area contributed by atoms with Gasteiger partial charge in [0.25, 0.3) is 0 Å². The number of carbonyl (C=O) groups is 2. The first-order valence-corrected chi connectivity index (χ1v) is 11.2. The summed E-state index contributed by atoms with van der Waals surface area (Å²) < 4.78 is 0. The van der Waals surface area contributed by atoms with Gasteiger partial charge in [-0.1, -0.05) is 55.0 Å². The Kier molecular flexibility index (Phi) is 8.14. The van der Waals surface area contributed by atoms with Gasteiger partial charge in [0.05, 0.1) is 5.25 Å². The Morgan fingerprint density at radius 3 is 2.45 bits per heavy atom. The van der Waals surface area contributed by atoms with Crippen molar-refractivity contribution in [1.29, 1.82) is 0 Å². The van der Waals surface area contributed by atoms with Crippen LogP contribution in [0.3, 0.4) is 0 Å². The van der Waals surface area contributed by atoms with Gasteiger partial charge in [-0.25, -0.2) is 0 Å². The Labute approximate surface area is 176 Å². The average Bonchev–Trinajstić information content (AvgIpc) is 3.01. The molecule has 2 aromatic carbocycles. The number of aliphatic hydroxyl groups excluding tert-OH is 1. The predicted octanol–water partition coefficient (Wildman–Crippen LogP) is 4.04. The molecule has 154 valence electrons. The molecular weight excluding hydrogens is 384 g/mol. The number of benzene rings is 2. The molecule has 5 nitrogen and oxygen atoms in total. The minimum Gasteiger partial charge on any atom is -0.373 e. The zero-order chi connectivity index (χ0) is 20.5. The maximum absolute atomic E-state index is 12.6. The molecule has 0 bridgehead atoms. The van der Waals surface area contributed by atoms with E-state index in [2.05, 4.69) is 17.4 Å². The number of amides is 2. The van der Waals surface area contributed by atoms with Gasteiger partial charge in [0, 0.05) is 30.8 Å². The molecule has 1 aliphatic rings. The highest BCUT2D eigenvalue weighted by molar-refractivity contribution is 7.99. The molecule has 3 rings (SSSR count). The Hall–Kier alpha value is -2.31. The molecule has 1 heterocycles. The molecule has 0 saturated carbocycles. The smallest absolute Gasteiger partial charge is 0.237 e. The lowest BCUT2D eigenvalue weighted by Gasteiger charge is -2.20. The number of para-hydroxylation sites is 1. The van der Waals surface area contributed by atoms with Crippen LogP contribution in [0.5, 0.6) is 0 Å². The van der Waals surface area contributed by atoms with E-state index < -0.39 is 6.23 Å². The molecule has 2 unspecified atom stereocenters. The lowest BCUT2D eigenvalue weighted by Crippen LogP contribution is -2.35. The summed E-state index contributed by atoms with van der Waals surface area (Å²) in [7, 11) is 0. The van der Waals surface area contributed by atoms with E-state index in [4.69, 9.17) is 0 Å². The summed E-state index contributed by atoms with van der Waals surface area (Å²) in [5, 5.41) is 13.0. The van der Waals surface area contributed by atoms with Crippen LogP contribution < -0.4 is 5.32 Å². The van der Waals surface area contributed by atoms with E-state index in [9.17, 15) is 14.7 Å². The highest BCUT2D eigenvalue weighted by Gasteiger charge is 2.38. The number of nitrogens with one attached hydrogen (secondary N) is 1. The van der Waals surface area contributed by atoms with Crippen molar-refractivity contribution in [1.82, 2.24) is 4.90 Å². The monoisotopic (exact) mass is 412 g/mol. The molecule has 2 N–H and O–H groups in total. The van der Waals surface area contributed by atoms with Crippen molar-refractivity contribution in [2.24, 2.45) is 0 Å². The van der Waals surface area contributed by atoms with E-state index in [0.29, 0.717) is 19.4 Å². The number of aliphatic hydroxyl groups is 1. The highest BCUT2D eigenvalue weighted by atomic mass is 32.2. The van der Waals surface area contributed by atoms with Crippen LogP contribution in [0.1, 0.15) is 37.7 Å². The first-order valence-electron chi connectivity index (χ1n) is 10.1. The molecular formula is C23H28N2O3S. The van der Waals surface area contributed by atoms with Gasteiger partial charge >= 0.3 is 0 Å². The normalized spacial score (nSPS) is 18.8. The number of hydrogen-bond donors (Lipinski definition) is 2. The van der Waals surface area contributed by atoms with Gasteiger partial charge in [-0.15, -0.1) is 11.8 Å². The summed E-state index contributed by atoms with van der Waals surface area (Å²) in [5.74, 6) is 0.806. The van der Waals surface area contributed by atoms with Gasteiger partial charge in [0.2, 0.25) is 11.8 Å². The molecule has 1 aliphatic heterocycles. The van der Waals surface area contributed by atoms with Gasteiger partial charge in [-0.2, -0.15) is 0 Å². The molecule has 1 saturated heterocycles. The number of unbranched alkanes of at least 4 members (excludes halogenated alkanes) is 2. The van der Waals surface area contributed by atoms with E-state index in [-0.39, 0.29) is 17.1 Å². The number of thioether (sulfide) groups is 1. The van der Waals surface area contributed by atoms with Crippen molar-refractivity contribution in [2.75, 3.05) is 11.9 Å². The predicted molar refractivity (Wildman–Crippen MR) is 117 cm³/mol. The zero-order valence-electron chi connectivity index (χ0n) is 16.5. The van der Waals surface area contributed by atoms with Crippen molar-refractivity contribution in [3.05, 3.63) is 66.2 Å². The first-order chi connectivity index (χ1) is 14.1. The number of hydrogen-bond acceptors (Lipinski definition) is 4. The average molecular weight is 413 g/mol. The summed E-state index contributed by atoms with van der Waals surface area (Å²) in [6, 6.07) is 19.5. The molecule has 6 heteroatoms. The Morgan fingerprint density at radius 2 is 1.72 bits per heavy atom. The lowest BCUT2D eigenvalue weighted by molar-refractivity contribution is -0.133. The topological polar surface area (TPSA) is 69.6 Å². The van der Waals surface area contributed by atoms with Crippen molar-refractivity contribution in [2.45, 2.75) is 49.3 Å². The fourth-order valence-corrected chi connectivity index (χ4v) is 4.58. The maximum Gasteiger partial charge on any atom is 0.237 e. The molecule has 2 atom stereocenters. The van der Waals surface area contributed by atoms with E-state index in [0.717, 1.165) is 30.7 Å². The maximum atomic E-state index is 12.6. The fraction of sp³-hybridized carbons (Fsp3) is 0.391. The van der Waals surface area contributed by atoms with Crippen molar-refractivity contribution in [3.8, 4) is 0 Å². The molecule has 2 aromatic rings. The Morgan fingerprint density at radius 1 is 1.03 bits per heavy atom. The van der Waals surface area contributed by atoms with Gasteiger partial charge < -0.3 is 15.3 Å². The van der Waals surface area contributed by atoms with Crippen molar-refractivity contribution >= 4 is 29.3 Å². The number of anilines is 1. The number of likely N-dealkylation sites (tertiary alicyclic amines) is 1. The van der Waals surface area contributed by atoms with Crippen LogP contribution in [0, 0.1) is 0 Å². The van der Waals surface area contributed by atoms with E-state index in [1.807, 2.05) is 48.5 Å². The number of nitrogens with zero attached hydrogens (tertiary/aromatic N) is 1. The van der Waals surface area contributed by atoms with Crippen LogP contribution >= 0.6 is 11.8 Å². The fourth-order valence-electron chi connectivity index (χ4n) is 3.41. The summed E-state index contributed by atoms with van der Waals surface area (Å²) in [6.45, 7) is 0.544. The van der Waals surface area contributed by atoms with Gasteiger partial charge in [0.15, 0.2) is 0 Å². The third kappa shape index (κ3) is 6.61. The third-order valence-electron chi connectivity index (χ3n) is 5.00. The molecule has 0 spiro atoms. The van der Waals surface area contributed by atoms with Gasteiger partial charge in [-0.05, 0) is 30.5 Å². The third-order valence-corrected chi connectivity index (χ3v) is 6.29. The van der Waals surface area contributed by atoms with E-state index in [1.54, 1.807) is 16.7 Å². The standard InChI is InChI=1S/C23H28N2O3S/c26-21(24-19-12-6-2-7-13-19)14-8-3-9-15-25-22(27)16-20(23(25)28)29-17-18-10-4-1-5-11-18/h1-2,4-7,10-13,20,22,27H,3,8-9,14-17H2,(H,24,26).